The van der Waals surface area contributed by atoms with Gasteiger partial charge in [-0.25, -0.2) is 9.97 Å². The number of nitrogens with zero attached hydrogens (tertiary/aromatic N) is 3. The van der Waals surface area contributed by atoms with Gasteiger partial charge >= 0.3 is 0 Å². The first-order valence-corrected chi connectivity index (χ1v) is 9.41. The summed E-state index contributed by atoms with van der Waals surface area (Å²) in [6.45, 7) is 0. The highest BCUT2D eigenvalue weighted by Crippen LogP contribution is 2.31. The molecule has 2 fully saturated rings. The minimum atomic E-state index is -0.0503. The Morgan fingerprint density at radius 1 is 1.16 bits per heavy atom. The van der Waals surface area contributed by atoms with Gasteiger partial charge in [0.25, 0.3) is 5.91 Å². The van der Waals surface area contributed by atoms with Crippen LogP contribution in [0.5, 0.6) is 0 Å². The summed E-state index contributed by atoms with van der Waals surface area (Å²) in [5.41, 5.74) is 2.30. The third kappa shape index (κ3) is 3.40. The molecule has 134 valence electrons. The van der Waals surface area contributed by atoms with Gasteiger partial charge in [0.2, 0.25) is 0 Å². The molecule has 0 aliphatic heterocycles. The van der Waals surface area contributed by atoms with Crippen LogP contribution < -0.4 is 5.32 Å². The lowest BCUT2D eigenvalue weighted by Crippen LogP contribution is -2.38. The summed E-state index contributed by atoms with van der Waals surface area (Å²) in [7, 11) is 1.76. The van der Waals surface area contributed by atoms with Gasteiger partial charge in [0.05, 0.1) is 18.0 Å². The molecule has 6 heteroatoms. The molecule has 2 heterocycles. The van der Waals surface area contributed by atoms with E-state index in [0.717, 1.165) is 36.8 Å². The quantitative estimate of drug-likeness (QED) is 0.926. The van der Waals surface area contributed by atoms with Crippen molar-refractivity contribution in [1.82, 2.24) is 19.9 Å². The Morgan fingerprint density at radius 3 is 2.64 bits per heavy atom. The Labute approximate surface area is 148 Å². The van der Waals surface area contributed by atoms with E-state index in [1.165, 1.54) is 25.7 Å². The first kappa shape index (κ1) is 16.5. The fourth-order valence-corrected chi connectivity index (χ4v) is 4.20. The van der Waals surface area contributed by atoms with E-state index < -0.39 is 0 Å². The van der Waals surface area contributed by atoms with E-state index in [-0.39, 0.29) is 11.9 Å². The number of rotatable bonds is 4. The zero-order chi connectivity index (χ0) is 17.2. The van der Waals surface area contributed by atoms with Crippen LogP contribution in [-0.4, -0.2) is 39.7 Å². The topological polar surface area (TPSA) is 69.0 Å². The van der Waals surface area contributed by atoms with E-state index in [1.807, 2.05) is 12.4 Å². The standard InChI is InChI=1S/C19H26N4O2/c1-25-16-8-6-14(7-9-16)22-19(24)13-10-17-18(20-11-13)23(12-21-17)15-4-2-3-5-15/h10-12,14-16H,2-9H2,1H3,(H,22,24). The Bertz CT molecular complexity index is 743. The highest BCUT2D eigenvalue weighted by molar-refractivity contribution is 5.96. The van der Waals surface area contributed by atoms with Crippen molar-refractivity contribution in [3.8, 4) is 0 Å². The van der Waals surface area contributed by atoms with Crippen LogP contribution in [0.1, 0.15) is 67.8 Å². The van der Waals surface area contributed by atoms with Crippen LogP contribution >= 0.6 is 0 Å². The van der Waals surface area contributed by atoms with Crippen LogP contribution in [-0.2, 0) is 4.74 Å². The largest absolute Gasteiger partial charge is 0.381 e. The molecule has 0 saturated heterocycles. The molecule has 2 aromatic heterocycles. The molecule has 25 heavy (non-hydrogen) atoms. The summed E-state index contributed by atoms with van der Waals surface area (Å²) in [5, 5.41) is 3.14. The molecule has 0 unspecified atom stereocenters. The van der Waals surface area contributed by atoms with E-state index in [0.29, 0.717) is 17.7 Å². The lowest BCUT2D eigenvalue weighted by molar-refractivity contribution is 0.0599. The van der Waals surface area contributed by atoms with Gasteiger partial charge in [0, 0.05) is 25.4 Å². The van der Waals surface area contributed by atoms with Crippen molar-refractivity contribution < 1.29 is 9.53 Å². The number of aromatic nitrogens is 3. The van der Waals surface area contributed by atoms with Crippen LogP contribution in [0.25, 0.3) is 11.2 Å². The molecule has 0 aromatic carbocycles. The summed E-state index contributed by atoms with van der Waals surface area (Å²) in [5.74, 6) is -0.0503. The summed E-state index contributed by atoms with van der Waals surface area (Å²) in [4.78, 5) is 21.6. The van der Waals surface area contributed by atoms with Gasteiger partial charge in [-0.3, -0.25) is 4.79 Å². The molecular weight excluding hydrogens is 316 g/mol. The number of hydrogen-bond acceptors (Lipinski definition) is 4. The molecule has 2 aliphatic rings. The first-order valence-electron chi connectivity index (χ1n) is 9.41. The molecule has 0 spiro atoms. The normalized spacial score (nSPS) is 24.7. The second-order valence-corrected chi connectivity index (χ2v) is 7.34. The number of methoxy groups -OCH3 is 1. The maximum atomic E-state index is 12.6. The molecule has 0 atom stereocenters. The average molecular weight is 342 g/mol. The predicted octanol–water partition coefficient (Wildman–Crippen LogP) is 3.23. The van der Waals surface area contributed by atoms with Gasteiger partial charge in [-0.1, -0.05) is 12.8 Å². The third-order valence-corrected chi connectivity index (χ3v) is 5.74. The fourth-order valence-electron chi connectivity index (χ4n) is 4.20. The van der Waals surface area contributed by atoms with Crippen LogP contribution in [0.15, 0.2) is 18.6 Å². The second kappa shape index (κ2) is 7.12. The molecule has 0 bridgehead atoms. The number of carbonyl (C=O) groups excluding carboxylic acids is 1. The zero-order valence-electron chi connectivity index (χ0n) is 14.8. The zero-order valence-corrected chi connectivity index (χ0v) is 14.8. The van der Waals surface area contributed by atoms with E-state index >= 15 is 0 Å². The molecule has 0 radical (unpaired) electrons. The smallest absolute Gasteiger partial charge is 0.253 e. The number of fused-ring (bicyclic) bond motifs is 1. The number of nitrogens with one attached hydrogen (secondary N) is 1. The van der Waals surface area contributed by atoms with E-state index in [1.54, 1.807) is 13.3 Å². The summed E-state index contributed by atoms with van der Waals surface area (Å²) < 4.78 is 7.57. The molecule has 4 rings (SSSR count). The summed E-state index contributed by atoms with van der Waals surface area (Å²) in [6, 6.07) is 2.60. The Morgan fingerprint density at radius 2 is 1.92 bits per heavy atom. The molecule has 2 aromatic rings. The van der Waals surface area contributed by atoms with Crippen molar-refractivity contribution in [2.75, 3.05) is 7.11 Å². The van der Waals surface area contributed by atoms with Crippen molar-refractivity contribution in [3.05, 3.63) is 24.2 Å². The van der Waals surface area contributed by atoms with Crippen molar-refractivity contribution in [2.24, 2.45) is 0 Å². The predicted molar refractivity (Wildman–Crippen MR) is 95.6 cm³/mol. The highest BCUT2D eigenvalue weighted by atomic mass is 16.5. The maximum absolute atomic E-state index is 12.6. The van der Waals surface area contributed by atoms with Crippen LogP contribution in [0.2, 0.25) is 0 Å². The van der Waals surface area contributed by atoms with E-state index in [9.17, 15) is 4.79 Å². The Kier molecular flexibility index (Phi) is 4.70. The SMILES string of the molecule is COC1CCC(NC(=O)c2cnc3c(c2)ncn3C2CCCC2)CC1. The number of amides is 1. The maximum Gasteiger partial charge on any atom is 0.253 e. The average Bonchev–Trinajstić information content (AvgIpc) is 3.31. The molecule has 2 saturated carbocycles. The molecular formula is C19H26N4O2. The molecule has 1 amide bonds. The Balaban J connectivity index is 1.45. The minimum absolute atomic E-state index is 0.0503. The Hall–Kier alpha value is -1.95. The van der Waals surface area contributed by atoms with Gasteiger partial charge in [-0.2, -0.15) is 0 Å². The van der Waals surface area contributed by atoms with Gasteiger partial charge in [0.15, 0.2) is 5.65 Å². The van der Waals surface area contributed by atoms with Crippen molar-refractivity contribution >= 4 is 17.1 Å². The summed E-state index contributed by atoms with van der Waals surface area (Å²) in [6.07, 6.45) is 12.8. The molecule has 1 N–H and O–H groups in total. The highest BCUT2D eigenvalue weighted by Gasteiger charge is 2.23. The van der Waals surface area contributed by atoms with Crippen LogP contribution in [0.4, 0.5) is 0 Å². The lowest BCUT2D eigenvalue weighted by Gasteiger charge is -2.28. The lowest BCUT2D eigenvalue weighted by atomic mass is 9.93. The molecule has 2 aliphatic carbocycles. The number of hydrogen-bond donors (Lipinski definition) is 1. The van der Waals surface area contributed by atoms with Crippen molar-refractivity contribution in [1.29, 1.82) is 0 Å². The number of pyridine rings is 1. The molecule has 6 nitrogen and oxygen atoms in total. The van der Waals surface area contributed by atoms with E-state index in [4.69, 9.17) is 4.74 Å². The van der Waals surface area contributed by atoms with Crippen LogP contribution in [0.3, 0.4) is 0 Å². The van der Waals surface area contributed by atoms with Gasteiger partial charge in [-0.15, -0.1) is 0 Å². The van der Waals surface area contributed by atoms with Crippen molar-refractivity contribution in [2.45, 2.75) is 69.6 Å². The van der Waals surface area contributed by atoms with E-state index in [2.05, 4.69) is 19.9 Å². The second-order valence-electron chi connectivity index (χ2n) is 7.34. The minimum Gasteiger partial charge on any atom is -0.381 e. The number of ether oxygens (including phenoxy) is 1. The monoisotopic (exact) mass is 342 g/mol. The van der Waals surface area contributed by atoms with Crippen LogP contribution in [0, 0.1) is 0 Å². The third-order valence-electron chi connectivity index (χ3n) is 5.74. The number of imidazole rings is 1. The fraction of sp³-hybridized carbons (Fsp3) is 0.632. The first-order chi connectivity index (χ1) is 12.2. The van der Waals surface area contributed by atoms with Gasteiger partial charge < -0.3 is 14.6 Å². The van der Waals surface area contributed by atoms with Crippen molar-refractivity contribution in [3.63, 3.8) is 0 Å². The number of carbonyl (C=O) groups is 1. The summed E-state index contributed by atoms with van der Waals surface area (Å²) >= 11 is 0. The van der Waals surface area contributed by atoms with Gasteiger partial charge in [-0.05, 0) is 44.6 Å². The van der Waals surface area contributed by atoms with Gasteiger partial charge in [0.1, 0.15) is 5.52 Å².